The van der Waals surface area contributed by atoms with Crippen molar-refractivity contribution in [1.82, 2.24) is 5.32 Å². The lowest BCUT2D eigenvalue weighted by molar-refractivity contribution is 0.0951. The molecule has 0 spiro atoms. The Balaban J connectivity index is 2.02. The molecule has 0 aromatic heterocycles. The molecule has 2 nitrogen and oxygen atoms in total. The highest BCUT2D eigenvalue weighted by atomic mass is 19.1. The van der Waals surface area contributed by atoms with Crippen LogP contribution in [0.4, 0.5) is 4.39 Å². The number of benzene rings is 2. The number of carbonyl (C=O) groups excluding carboxylic acids is 1. The van der Waals surface area contributed by atoms with Crippen molar-refractivity contribution in [3.05, 3.63) is 77.1 Å². The smallest absolute Gasteiger partial charge is 0.251 e. The monoisotopic (exact) mass is 325 g/mol. The molecule has 0 aliphatic carbocycles. The molecule has 0 aliphatic heterocycles. The molecule has 0 heterocycles. The zero-order valence-corrected chi connectivity index (χ0v) is 14.7. The van der Waals surface area contributed by atoms with E-state index in [1.165, 1.54) is 17.7 Å². The maximum atomic E-state index is 13.1. The minimum atomic E-state index is -0.299. The maximum Gasteiger partial charge on any atom is 0.251 e. The number of hydrogen-bond donors (Lipinski definition) is 1. The van der Waals surface area contributed by atoms with E-state index in [0.29, 0.717) is 12.1 Å². The highest BCUT2D eigenvalue weighted by Gasteiger charge is 2.09. The lowest BCUT2D eigenvalue weighted by Crippen LogP contribution is -2.22. The van der Waals surface area contributed by atoms with E-state index in [9.17, 15) is 9.18 Å². The van der Waals surface area contributed by atoms with E-state index >= 15 is 0 Å². The summed E-state index contributed by atoms with van der Waals surface area (Å²) in [7, 11) is 0. The fourth-order valence-corrected chi connectivity index (χ4v) is 2.55. The molecule has 0 radical (unpaired) electrons. The summed E-state index contributed by atoms with van der Waals surface area (Å²) in [6.45, 7) is 8.85. The van der Waals surface area contributed by atoms with E-state index in [0.717, 1.165) is 11.1 Å². The summed E-state index contributed by atoms with van der Waals surface area (Å²) in [6.07, 6.45) is 2.21. The second-order valence-corrected chi connectivity index (χ2v) is 7.08. The lowest BCUT2D eigenvalue weighted by Gasteiger charge is -2.14. The SMILES string of the molecule is C/C(=C\C(C)(C)C)c1ccc(C(=O)NCc2cccc(F)c2)cc1. The Bertz CT molecular complexity index is 739. The lowest BCUT2D eigenvalue weighted by atomic mass is 9.91. The Hall–Kier alpha value is -2.42. The van der Waals surface area contributed by atoms with E-state index in [4.69, 9.17) is 0 Å². The van der Waals surface area contributed by atoms with Crippen molar-refractivity contribution >= 4 is 11.5 Å². The number of halogens is 1. The van der Waals surface area contributed by atoms with Gasteiger partial charge in [0.2, 0.25) is 0 Å². The van der Waals surface area contributed by atoms with Gasteiger partial charge in [0.1, 0.15) is 5.82 Å². The third-order valence-electron chi connectivity index (χ3n) is 3.59. The molecule has 0 fully saturated rings. The number of allylic oxidation sites excluding steroid dienone is 2. The quantitative estimate of drug-likeness (QED) is 0.822. The van der Waals surface area contributed by atoms with E-state index in [-0.39, 0.29) is 17.1 Å². The van der Waals surface area contributed by atoms with Gasteiger partial charge in [0.25, 0.3) is 5.91 Å². The highest BCUT2D eigenvalue weighted by molar-refractivity contribution is 5.94. The van der Waals surface area contributed by atoms with Crippen LogP contribution in [0.25, 0.3) is 5.57 Å². The van der Waals surface area contributed by atoms with Gasteiger partial charge in [-0.25, -0.2) is 4.39 Å². The van der Waals surface area contributed by atoms with Crippen LogP contribution in [0.15, 0.2) is 54.6 Å². The van der Waals surface area contributed by atoms with Crippen molar-refractivity contribution in [2.24, 2.45) is 5.41 Å². The van der Waals surface area contributed by atoms with Crippen molar-refractivity contribution in [2.45, 2.75) is 34.2 Å². The van der Waals surface area contributed by atoms with Crippen LogP contribution >= 0.6 is 0 Å². The average Bonchev–Trinajstić information content (AvgIpc) is 2.51. The molecule has 0 bridgehead atoms. The van der Waals surface area contributed by atoms with E-state index in [2.05, 4.69) is 39.1 Å². The largest absolute Gasteiger partial charge is 0.348 e. The first kappa shape index (κ1) is 17.9. The fourth-order valence-electron chi connectivity index (χ4n) is 2.55. The predicted octanol–water partition coefficient (Wildman–Crippen LogP) is 5.21. The molecule has 3 heteroatoms. The minimum Gasteiger partial charge on any atom is -0.348 e. The number of rotatable bonds is 4. The maximum absolute atomic E-state index is 13.1. The molecule has 2 aromatic carbocycles. The summed E-state index contributed by atoms with van der Waals surface area (Å²) >= 11 is 0. The van der Waals surface area contributed by atoms with Gasteiger partial charge in [-0.3, -0.25) is 4.79 Å². The van der Waals surface area contributed by atoms with Gasteiger partial charge in [-0.1, -0.05) is 51.1 Å². The first-order valence-corrected chi connectivity index (χ1v) is 8.07. The molecule has 2 rings (SSSR count). The third kappa shape index (κ3) is 5.34. The van der Waals surface area contributed by atoms with Gasteiger partial charge in [-0.15, -0.1) is 0 Å². The molecule has 24 heavy (non-hydrogen) atoms. The van der Waals surface area contributed by atoms with Crippen molar-refractivity contribution in [3.8, 4) is 0 Å². The molecule has 0 unspecified atom stereocenters. The summed E-state index contributed by atoms with van der Waals surface area (Å²) in [5, 5.41) is 2.81. The first-order valence-electron chi connectivity index (χ1n) is 8.07. The molecule has 0 saturated carbocycles. The molecule has 1 amide bonds. The van der Waals surface area contributed by atoms with Crippen LogP contribution in [-0.2, 0) is 6.54 Å². The van der Waals surface area contributed by atoms with Crippen LogP contribution in [0.1, 0.15) is 49.2 Å². The van der Waals surface area contributed by atoms with Gasteiger partial charge in [0, 0.05) is 12.1 Å². The van der Waals surface area contributed by atoms with Crippen LogP contribution < -0.4 is 5.32 Å². The van der Waals surface area contributed by atoms with Crippen molar-refractivity contribution in [2.75, 3.05) is 0 Å². The molecule has 0 aliphatic rings. The number of nitrogens with one attached hydrogen (secondary N) is 1. The Morgan fingerprint density at radius 3 is 2.29 bits per heavy atom. The standard InChI is InChI=1S/C21H24FNO/c1-15(13-21(2,3)4)17-8-10-18(11-9-17)20(24)23-14-16-6-5-7-19(22)12-16/h5-13H,14H2,1-4H3,(H,23,24)/b15-13+. The highest BCUT2D eigenvalue weighted by Crippen LogP contribution is 2.23. The van der Waals surface area contributed by atoms with Gasteiger partial charge in [0.05, 0.1) is 0 Å². The van der Waals surface area contributed by atoms with E-state index in [1.54, 1.807) is 12.1 Å². The van der Waals surface area contributed by atoms with E-state index in [1.807, 2.05) is 24.3 Å². The topological polar surface area (TPSA) is 29.1 Å². The zero-order valence-electron chi connectivity index (χ0n) is 14.7. The van der Waals surface area contributed by atoms with Crippen molar-refractivity contribution < 1.29 is 9.18 Å². The van der Waals surface area contributed by atoms with Crippen LogP contribution in [0.3, 0.4) is 0 Å². The number of carbonyl (C=O) groups is 1. The predicted molar refractivity (Wildman–Crippen MR) is 97.1 cm³/mol. The second kappa shape index (κ2) is 7.43. The Labute approximate surface area is 143 Å². The van der Waals surface area contributed by atoms with E-state index < -0.39 is 0 Å². The summed E-state index contributed by atoms with van der Waals surface area (Å²) < 4.78 is 13.1. The number of amides is 1. The first-order chi connectivity index (χ1) is 11.2. The summed E-state index contributed by atoms with van der Waals surface area (Å²) in [5.74, 6) is -0.463. The van der Waals surface area contributed by atoms with Gasteiger partial charge >= 0.3 is 0 Å². The van der Waals surface area contributed by atoms with Crippen LogP contribution in [0.2, 0.25) is 0 Å². The summed E-state index contributed by atoms with van der Waals surface area (Å²) in [5.41, 5.74) is 3.74. The number of hydrogen-bond acceptors (Lipinski definition) is 1. The molecular weight excluding hydrogens is 301 g/mol. The second-order valence-electron chi connectivity index (χ2n) is 7.08. The molecule has 1 N–H and O–H groups in total. The Kier molecular flexibility index (Phi) is 5.55. The van der Waals surface area contributed by atoms with Gasteiger partial charge in [0.15, 0.2) is 0 Å². The molecule has 0 saturated heterocycles. The third-order valence-corrected chi connectivity index (χ3v) is 3.59. The van der Waals surface area contributed by atoms with Crippen LogP contribution in [0.5, 0.6) is 0 Å². The molecule has 126 valence electrons. The molecular formula is C21H24FNO. The summed E-state index contributed by atoms with van der Waals surface area (Å²) in [4.78, 5) is 12.2. The Morgan fingerprint density at radius 2 is 1.71 bits per heavy atom. The molecule has 2 aromatic rings. The van der Waals surface area contributed by atoms with Gasteiger partial charge < -0.3 is 5.32 Å². The normalized spacial score (nSPS) is 12.1. The van der Waals surface area contributed by atoms with Crippen molar-refractivity contribution in [3.63, 3.8) is 0 Å². The van der Waals surface area contributed by atoms with Crippen LogP contribution in [0, 0.1) is 11.2 Å². The Morgan fingerprint density at radius 1 is 1.08 bits per heavy atom. The fraction of sp³-hybridized carbons (Fsp3) is 0.286. The average molecular weight is 325 g/mol. The minimum absolute atomic E-state index is 0.116. The van der Waals surface area contributed by atoms with Crippen LogP contribution in [-0.4, -0.2) is 5.91 Å². The summed E-state index contributed by atoms with van der Waals surface area (Å²) in [6, 6.07) is 13.8. The van der Waals surface area contributed by atoms with Crippen molar-refractivity contribution in [1.29, 1.82) is 0 Å². The van der Waals surface area contributed by atoms with Gasteiger partial charge in [-0.2, -0.15) is 0 Å². The molecule has 0 atom stereocenters. The zero-order chi connectivity index (χ0) is 17.7. The van der Waals surface area contributed by atoms with Gasteiger partial charge in [-0.05, 0) is 53.3 Å².